The van der Waals surface area contributed by atoms with Gasteiger partial charge in [0.2, 0.25) is 0 Å². The average Bonchev–Trinajstić information content (AvgIpc) is 2.63. The van der Waals surface area contributed by atoms with Crippen molar-refractivity contribution in [2.45, 2.75) is 39.2 Å². The molecule has 0 radical (unpaired) electrons. The third-order valence-corrected chi connectivity index (χ3v) is 3.06. The Balaban J connectivity index is 2.51. The molecule has 1 rings (SSSR count). The van der Waals surface area contributed by atoms with E-state index in [0.29, 0.717) is 18.0 Å². The minimum Gasteiger partial charge on any atom is -0.299 e. The van der Waals surface area contributed by atoms with E-state index >= 15 is 0 Å². The van der Waals surface area contributed by atoms with Gasteiger partial charge in [-0.2, -0.15) is 0 Å². The number of carbonyl (C=O) groups excluding carboxylic acids is 1. The quantitative estimate of drug-likeness (QED) is 0.638. The van der Waals surface area contributed by atoms with Gasteiger partial charge in [0.1, 0.15) is 5.78 Å². The molecule has 12 heavy (non-hydrogen) atoms. The summed E-state index contributed by atoms with van der Waals surface area (Å²) in [7, 11) is 2.06. The number of rotatable bonds is 4. The highest BCUT2D eigenvalue weighted by Gasteiger charge is 2.48. The highest BCUT2D eigenvalue weighted by molar-refractivity contribution is 5.77. The molecule has 0 saturated heterocycles. The van der Waals surface area contributed by atoms with Gasteiger partial charge in [0.15, 0.2) is 0 Å². The van der Waals surface area contributed by atoms with Crippen LogP contribution < -0.4 is 0 Å². The first-order chi connectivity index (χ1) is 5.49. The van der Waals surface area contributed by atoms with Crippen molar-refractivity contribution in [3.63, 3.8) is 0 Å². The third kappa shape index (κ3) is 1.69. The van der Waals surface area contributed by atoms with E-state index in [1.54, 1.807) is 6.92 Å². The Labute approximate surface area is 74.9 Å². The lowest BCUT2D eigenvalue weighted by Crippen LogP contribution is -2.40. The molecule has 0 aliphatic heterocycles. The molecule has 0 aromatic rings. The first-order valence-corrected chi connectivity index (χ1v) is 4.70. The molecule has 1 fully saturated rings. The van der Waals surface area contributed by atoms with Crippen LogP contribution >= 0.6 is 0 Å². The monoisotopic (exact) mass is 169 g/mol. The molecule has 0 amide bonds. The van der Waals surface area contributed by atoms with E-state index in [1.165, 1.54) is 12.8 Å². The van der Waals surface area contributed by atoms with Crippen molar-refractivity contribution in [1.82, 2.24) is 4.90 Å². The summed E-state index contributed by atoms with van der Waals surface area (Å²) >= 11 is 0. The Kier molecular flexibility index (Phi) is 2.57. The normalized spacial score (nSPS) is 20.2. The molecule has 1 saturated carbocycles. The summed E-state index contributed by atoms with van der Waals surface area (Å²) in [6, 6.07) is 0. The minimum absolute atomic E-state index is 0.268. The van der Waals surface area contributed by atoms with Crippen LogP contribution in [0.4, 0.5) is 0 Å². The van der Waals surface area contributed by atoms with Crippen LogP contribution in [0.2, 0.25) is 0 Å². The molecule has 0 unspecified atom stereocenters. The zero-order valence-corrected chi connectivity index (χ0v) is 8.55. The smallest absolute Gasteiger partial charge is 0.143 e. The van der Waals surface area contributed by atoms with Gasteiger partial charge >= 0.3 is 0 Å². The molecule has 0 bridgehead atoms. The van der Waals surface area contributed by atoms with E-state index in [2.05, 4.69) is 25.8 Å². The fraction of sp³-hybridized carbons (Fsp3) is 0.900. The highest BCUT2D eigenvalue weighted by atomic mass is 16.1. The predicted molar refractivity (Wildman–Crippen MR) is 50.1 cm³/mol. The van der Waals surface area contributed by atoms with E-state index in [4.69, 9.17) is 0 Å². The van der Waals surface area contributed by atoms with Crippen LogP contribution in [0.5, 0.6) is 0 Å². The zero-order valence-electron chi connectivity index (χ0n) is 8.55. The minimum atomic E-state index is 0.268. The number of hydrogen-bond donors (Lipinski definition) is 0. The molecule has 1 aliphatic carbocycles. The van der Waals surface area contributed by atoms with Crippen molar-refractivity contribution in [3.8, 4) is 0 Å². The number of likely N-dealkylation sites (N-methyl/N-ethyl adjacent to an activating group) is 1. The van der Waals surface area contributed by atoms with Gasteiger partial charge < -0.3 is 0 Å². The number of hydrogen-bond acceptors (Lipinski definition) is 2. The molecule has 2 heteroatoms. The molecule has 2 nitrogen and oxygen atoms in total. The Hall–Kier alpha value is -0.370. The molecule has 70 valence electrons. The zero-order chi connectivity index (χ0) is 9.35. The van der Waals surface area contributed by atoms with Crippen LogP contribution in [0.1, 0.15) is 33.6 Å². The van der Waals surface area contributed by atoms with E-state index in [1.807, 2.05) is 0 Å². The fourth-order valence-electron chi connectivity index (χ4n) is 2.02. The van der Waals surface area contributed by atoms with Crippen LogP contribution in [-0.2, 0) is 4.79 Å². The van der Waals surface area contributed by atoms with Gasteiger partial charge in [-0.25, -0.2) is 0 Å². The molecule has 0 heterocycles. The Morgan fingerprint density at radius 3 is 2.25 bits per heavy atom. The Morgan fingerprint density at radius 2 is 2.00 bits per heavy atom. The summed E-state index contributed by atoms with van der Waals surface area (Å²) in [5, 5.41) is 0. The van der Waals surface area contributed by atoms with E-state index in [9.17, 15) is 4.79 Å². The second-order valence-electron chi connectivity index (χ2n) is 4.32. The maximum atomic E-state index is 10.9. The Morgan fingerprint density at radius 1 is 1.50 bits per heavy atom. The number of ketones is 1. The predicted octanol–water partition coefficient (Wildman–Crippen LogP) is 1.70. The first-order valence-electron chi connectivity index (χ1n) is 4.70. The van der Waals surface area contributed by atoms with E-state index in [0.717, 1.165) is 0 Å². The highest BCUT2D eigenvalue weighted by Crippen LogP contribution is 2.46. The summed E-state index contributed by atoms with van der Waals surface area (Å²) in [5.74, 6) is 0.936. The lowest BCUT2D eigenvalue weighted by Gasteiger charge is -2.30. The second-order valence-corrected chi connectivity index (χ2v) is 4.32. The molecule has 0 aromatic carbocycles. The van der Waals surface area contributed by atoms with Gasteiger partial charge in [0, 0.05) is 5.54 Å². The van der Waals surface area contributed by atoms with Gasteiger partial charge in [0.25, 0.3) is 0 Å². The maximum Gasteiger partial charge on any atom is 0.143 e. The molecule has 0 atom stereocenters. The summed E-state index contributed by atoms with van der Waals surface area (Å²) in [6.07, 6.45) is 2.52. The van der Waals surface area contributed by atoms with Crippen molar-refractivity contribution >= 4 is 5.78 Å². The van der Waals surface area contributed by atoms with Gasteiger partial charge in [-0.3, -0.25) is 9.69 Å². The summed E-state index contributed by atoms with van der Waals surface area (Å²) in [6.45, 7) is 6.75. The SMILES string of the molecule is CC(=O)CN(C)C1(C(C)C)CC1. The van der Waals surface area contributed by atoms with Crippen LogP contribution in [0.3, 0.4) is 0 Å². The Bertz CT molecular complexity index is 182. The summed E-state index contributed by atoms with van der Waals surface area (Å²) in [4.78, 5) is 13.1. The van der Waals surface area contributed by atoms with Gasteiger partial charge in [-0.1, -0.05) is 13.8 Å². The van der Waals surface area contributed by atoms with Gasteiger partial charge in [0.05, 0.1) is 6.54 Å². The van der Waals surface area contributed by atoms with Gasteiger partial charge in [-0.15, -0.1) is 0 Å². The van der Waals surface area contributed by atoms with Crippen LogP contribution in [0.25, 0.3) is 0 Å². The third-order valence-electron chi connectivity index (χ3n) is 3.06. The van der Waals surface area contributed by atoms with Crippen molar-refractivity contribution in [3.05, 3.63) is 0 Å². The lowest BCUT2D eigenvalue weighted by molar-refractivity contribution is -0.118. The molecule has 1 aliphatic rings. The summed E-state index contributed by atoms with van der Waals surface area (Å²) < 4.78 is 0. The van der Waals surface area contributed by atoms with E-state index in [-0.39, 0.29) is 5.78 Å². The summed E-state index contributed by atoms with van der Waals surface area (Å²) in [5.41, 5.74) is 0.353. The van der Waals surface area contributed by atoms with Crippen LogP contribution in [-0.4, -0.2) is 29.8 Å². The van der Waals surface area contributed by atoms with Crippen LogP contribution in [0, 0.1) is 5.92 Å². The molecular formula is C10H19NO. The van der Waals surface area contributed by atoms with Crippen LogP contribution in [0.15, 0.2) is 0 Å². The van der Waals surface area contributed by atoms with E-state index < -0.39 is 0 Å². The standard InChI is InChI=1S/C10H19NO/c1-8(2)10(5-6-10)11(4)7-9(3)12/h8H,5-7H2,1-4H3. The first kappa shape index (κ1) is 9.72. The molecule has 0 aromatic heterocycles. The maximum absolute atomic E-state index is 10.9. The van der Waals surface area contributed by atoms with Crippen molar-refractivity contribution < 1.29 is 4.79 Å². The molecular weight excluding hydrogens is 150 g/mol. The topological polar surface area (TPSA) is 20.3 Å². The average molecular weight is 169 g/mol. The van der Waals surface area contributed by atoms with Crippen molar-refractivity contribution in [1.29, 1.82) is 0 Å². The second kappa shape index (κ2) is 3.17. The van der Waals surface area contributed by atoms with Crippen molar-refractivity contribution in [2.75, 3.05) is 13.6 Å². The number of carbonyl (C=O) groups is 1. The lowest BCUT2D eigenvalue weighted by atomic mass is 10.0. The number of nitrogens with zero attached hydrogens (tertiary/aromatic N) is 1. The fourth-order valence-corrected chi connectivity index (χ4v) is 2.02. The van der Waals surface area contributed by atoms with Crippen molar-refractivity contribution in [2.24, 2.45) is 5.92 Å². The molecule has 0 N–H and O–H groups in total. The largest absolute Gasteiger partial charge is 0.299 e. The molecule has 0 spiro atoms. The number of Topliss-reactive ketones (excluding diaryl/α,β-unsaturated/α-hetero) is 1. The van der Waals surface area contributed by atoms with Gasteiger partial charge in [-0.05, 0) is 32.7 Å².